The van der Waals surface area contributed by atoms with Crippen LogP contribution in [0.2, 0.25) is 0 Å². The molecule has 24 heavy (non-hydrogen) atoms. The number of nitrogens with zero attached hydrogens (tertiary/aromatic N) is 2. The molecule has 1 aliphatic heterocycles. The van der Waals surface area contributed by atoms with Crippen molar-refractivity contribution in [2.45, 2.75) is 32.2 Å². The molecule has 0 bridgehead atoms. The lowest BCUT2D eigenvalue weighted by Crippen LogP contribution is -2.39. The van der Waals surface area contributed by atoms with Crippen molar-refractivity contribution >= 4 is 5.91 Å². The summed E-state index contributed by atoms with van der Waals surface area (Å²) in [7, 11) is 1.73. The van der Waals surface area contributed by atoms with Gasteiger partial charge in [0.15, 0.2) is 0 Å². The zero-order chi connectivity index (χ0) is 16.9. The summed E-state index contributed by atoms with van der Waals surface area (Å²) in [6, 6.07) is 7.00. The summed E-state index contributed by atoms with van der Waals surface area (Å²) in [4.78, 5) is 16.7. The molecule has 5 heteroatoms. The van der Waals surface area contributed by atoms with Crippen molar-refractivity contribution in [3.63, 3.8) is 0 Å². The SMILES string of the molecule is CCNC(=O)CN1CCCN(C2CCc3ccc(OC)cc32)CC1. The van der Waals surface area contributed by atoms with Crippen LogP contribution in [-0.2, 0) is 11.2 Å². The summed E-state index contributed by atoms with van der Waals surface area (Å²) >= 11 is 0. The third-order valence-electron chi connectivity index (χ3n) is 5.20. The third-order valence-corrected chi connectivity index (χ3v) is 5.20. The Morgan fingerprint density at radius 1 is 1.29 bits per heavy atom. The lowest BCUT2D eigenvalue weighted by Gasteiger charge is -2.28. The molecule has 0 aromatic heterocycles. The number of benzene rings is 1. The number of amides is 1. The summed E-state index contributed by atoms with van der Waals surface area (Å²) in [6.45, 7) is 7.30. The molecule has 1 amide bonds. The molecule has 0 spiro atoms. The first-order valence-electron chi connectivity index (χ1n) is 9.11. The van der Waals surface area contributed by atoms with E-state index in [1.165, 1.54) is 17.5 Å². The summed E-state index contributed by atoms with van der Waals surface area (Å²) in [5.74, 6) is 1.09. The van der Waals surface area contributed by atoms with Crippen molar-refractivity contribution in [1.82, 2.24) is 15.1 Å². The molecule has 1 unspecified atom stereocenters. The van der Waals surface area contributed by atoms with Crippen molar-refractivity contribution in [3.05, 3.63) is 29.3 Å². The minimum Gasteiger partial charge on any atom is -0.497 e. The van der Waals surface area contributed by atoms with Gasteiger partial charge >= 0.3 is 0 Å². The molecule has 0 radical (unpaired) electrons. The van der Waals surface area contributed by atoms with Crippen molar-refractivity contribution in [2.75, 3.05) is 46.4 Å². The molecule has 1 aliphatic carbocycles. The van der Waals surface area contributed by atoms with Crippen LogP contribution < -0.4 is 10.1 Å². The Kier molecular flexibility index (Phi) is 5.74. The Balaban J connectivity index is 1.62. The fraction of sp³-hybridized carbons (Fsp3) is 0.632. The second-order valence-corrected chi connectivity index (χ2v) is 6.74. The molecule has 1 aromatic rings. The van der Waals surface area contributed by atoms with E-state index in [2.05, 4.69) is 33.3 Å². The normalized spacial score (nSPS) is 22.0. The van der Waals surface area contributed by atoms with E-state index in [1.807, 2.05) is 6.92 Å². The summed E-state index contributed by atoms with van der Waals surface area (Å²) in [5.41, 5.74) is 2.90. The Hall–Kier alpha value is -1.59. The summed E-state index contributed by atoms with van der Waals surface area (Å²) < 4.78 is 5.41. The van der Waals surface area contributed by atoms with Crippen LogP contribution in [0.3, 0.4) is 0 Å². The highest BCUT2D eigenvalue weighted by atomic mass is 16.5. The van der Waals surface area contributed by atoms with Crippen LogP contribution in [0.1, 0.15) is 36.9 Å². The first kappa shape index (κ1) is 17.2. The standard InChI is InChI=1S/C19H29N3O2/c1-3-20-19(23)14-21-9-4-10-22(12-11-21)18-8-6-15-5-7-16(24-2)13-17(15)18/h5,7,13,18H,3-4,6,8-12,14H2,1-2H3,(H,20,23). The largest absolute Gasteiger partial charge is 0.497 e. The molecule has 3 rings (SSSR count). The molecule has 1 atom stereocenters. The molecule has 2 aliphatic rings. The second-order valence-electron chi connectivity index (χ2n) is 6.74. The van der Waals surface area contributed by atoms with Gasteiger partial charge in [-0.2, -0.15) is 0 Å². The number of methoxy groups -OCH3 is 1. The molecule has 1 N–H and O–H groups in total. The Bertz CT molecular complexity index is 576. The van der Waals surface area contributed by atoms with Gasteiger partial charge in [-0.25, -0.2) is 0 Å². The molecular formula is C19H29N3O2. The highest BCUT2D eigenvalue weighted by Gasteiger charge is 2.29. The van der Waals surface area contributed by atoms with Gasteiger partial charge in [-0.15, -0.1) is 0 Å². The number of carbonyl (C=O) groups excluding carboxylic acids is 1. The Morgan fingerprint density at radius 2 is 2.17 bits per heavy atom. The Labute approximate surface area is 145 Å². The maximum atomic E-state index is 11.8. The van der Waals surface area contributed by atoms with E-state index in [9.17, 15) is 4.79 Å². The van der Waals surface area contributed by atoms with Crippen LogP contribution in [0.25, 0.3) is 0 Å². The fourth-order valence-electron chi connectivity index (χ4n) is 3.98. The lowest BCUT2D eigenvalue weighted by atomic mass is 10.1. The van der Waals surface area contributed by atoms with Gasteiger partial charge in [-0.05, 0) is 56.0 Å². The molecule has 1 aromatic carbocycles. The van der Waals surface area contributed by atoms with Gasteiger partial charge in [-0.1, -0.05) is 6.07 Å². The van der Waals surface area contributed by atoms with Gasteiger partial charge in [0.25, 0.3) is 0 Å². The number of hydrogen-bond acceptors (Lipinski definition) is 4. The third kappa shape index (κ3) is 3.90. The highest BCUT2D eigenvalue weighted by molar-refractivity contribution is 5.77. The first-order valence-corrected chi connectivity index (χ1v) is 9.11. The van der Waals surface area contributed by atoms with E-state index in [-0.39, 0.29) is 5.91 Å². The number of fused-ring (bicyclic) bond motifs is 1. The van der Waals surface area contributed by atoms with Crippen LogP contribution in [-0.4, -0.2) is 62.1 Å². The van der Waals surface area contributed by atoms with Gasteiger partial charge in [0.2, 0.25) is 5.91 Å². The van der Waals surface area contributed by atoms with E-state index < -0.39 is 0 Å². The molecule has 1 heterocycles. The van der Waals surface area contributed by atoms with E-state index >= 15 is 0 Å². The van der Waals surface area contributed by atoms with Crippen molar-refractivity contribution < 1.29 is 9.53 Å². The van der Waals surface area contributed by atoms with E-state index in [4.69, 9.17) is 4.74 Å². The number of likely N-dealkylation sites (N-methyl/N-ethyl adjacent to an activating group) is 1. The van der Waals surface area contributed by atoms with Gasteiger partial charge in [-0.3, -0.25) is 14.6 Å². The topological polar surface area (TPSA) is 44.8 Å². The van der Waals surface area contributed by atoms with Crippen LogP contribution in [0.5, 0.6) is 5.75 Å². The second kappa shape index (κ2) is 7.99. The van der Waals surface area contributed by atoms with Gasteiger partial charge in [0, 0.05) is 32.2 Å². The van der Waals surface area contributed by atoms with Crippen LogP contribution >= 0.6 is 0 Å². The number of carbonyl (C=O) groups is 1. The maximum Gasteiger partial charge on any atom is 0.234 e. The van der Waals surface area contributed by atoms with Crippen molar-refractivity contribution in [3.8, 4) is 5.75 Å². The van der Waals surface area contributed by atoms with Crippen molar-refractivity contribution in [2.24, 2.45) is 0 Å². The minimum atomic E-state index is 0.141. The number of rotatable bonds is 5. The van der Waals surface area contributed by atoms with E-state index in [0.29, 0.717) is 19.1 Å². The quantitative estimate of drug-likeness (QED) is 0.894. The van der Waals surface area contributed by atoms with Gasteiger partial charge in [0.05, 0.1) is 13.7 Å². The summed E-state index contributed by atoms with van der Waals surface area (Å²) in [5, 5.41) is 2.90. The van der Waals surface area contributed by atoms with Crippen LogP contribution in [0.4, 0.5) is 0 Å². The lowest BCUT2D eigenvalue weighted by molar-refractivity contribution is -0.122. The number of ether oxygens (including phenoxy) is 1. The minimum absolute atomic E-state index is 0.141. The fourth-order valence-corrected chi connectivity index (χ4v) is 3.98. The average Bonchev–Trinajstić information content (AvgIpc) is 2.87. The van der Waals surface area contributed by atoms with E-state index in [0.717, 1.165) is 44.8 Å². The van der Waals surface area contributed by atoms with Gasteiger partial charge in [0.1, 0.15) is 5.75 Å². The predicted octanol–water partition coefficient (Wildman–Crippen LogP) is 1.83. The first-order chi connectivity index (χ1) is 11.7. The van der Waals surface area contributed by atoms with Crippen LogP contribution in [0, 0.1) is 0 Å². The molecule has 1 saturated heterocycles. The maximum absolute atomic E-state index is 11.8. The van der Waals surface area contributed by atoms with Gasteiger partial charge < -0.3 is 10.1 Å². The van der Waals surface area contributed by atoms with E-state index in [1.54, 1.807) is 7.11 Å². The average molecular weight is 331 g/mol. The van der Waals surface area contributed by atoms with Crippen LogP contribution in [0.15, 0.2) is 18.2 Å². The Morgan fingerprint density at radius 3 is 2.96 bits per heavy atom. The highest BCUT2D eigenvalue weighted by Crippen LogP contribution is 2.38. The molecular weight excluding hydrogens is 302 g/mol. The monoisotopic (exact) mass is 331 g/mol. The smallest absolute Gasteiger partial charge is 0.234 e. The molecule has 0 saturated carbocycles. The molecule has 5 nitrogen and oxygen atoms in total. The zero-order valence-electron chi connectivity index (χ0n) is 14.9. The predicted molar refractivity (Wildman–Crippen MR) is 95.4 cm³/mol. The van der Waals surface area contributed by atoms with Crippen molar-refractivity contribution in [1.29, 1.82) is 0 Å². The molecule has 132 valence electrons. The number of nitrogens with one attached hydrogen (secondary N) is 1. The number of hydrogen-bond donors (Lipinski definition) is 1. The summed E-state index contributed by atoms with van der Waals surface area (Å²) in [6.07, 6.45) is 3.47. The molecule has 1 fully saturated rings. The zero-order valence-corrected chi connectivity index (χ0v) is 14.9. The number of aryl methyl sites for hydroxylation is 1.